The van der Waals surface area contributed by atoms with Gasteiger partial charge in [0.05, 0.1) is 11.1 Å². The topological polar surface area (TPSA) is 38.7 Å². The lowest BCUT2D eigenvalue weighted by Crippen LogP contribution is -2.16. The van der Waals surface area contributed by atoms with Gasteiger partial charge >= 0.3 is 0 Å². The summed E-state index contributed by atoms with van der Waals surface area (Å²) in [5, 5.41) is 10.7. The molecular formula is C16H14ClFO3. The zero-order valence-corrected chi connectivity index (χ0v) is 11.9. The molecule has 0 fully saturated rings. The van der Waals surface area contributed by atoms with E-state index < -0.39 is 6.10 Å². The van der Waals surface area contributed by atoms with Crippen LogP contribution in [0.15, 0.2) is 36.4 Å². The number of ether oxygens (including phenoxy) is 2. The first-order valence-electron chi connectivity index (χ1n) is 6.65. The quantitative estimate of drug-likeness (QED) is 0.943. The van der Waals surface area contributed by atoms with Crippen molar-refractivity contribution in [3.63, 3.8) is 0 Å². The fourth-order valence-corrected chi connectivity index (χ4v) is 2.56. The number of fused-ring (bicyclic) bond motifs is 1. The molecular weight excluding hydrogens is 295 g/mol. The van der Waals surface area contributed by atoms with Gasteiger partial charge in [0.15, 0.2) is 11.5 Å². The van der Waals surface area contributed by atoms with Crippen LogP contribution in [0.3, 0.4) is 0 Å². The Morgan fingerprint density at radius 3 is 2.62 bits per heavy atom. The summed E-state index contributed by atoms with van der Waals surface area (Å²) < 4.78 is 23.8. The summed E-state index contributed by atoms with van der Waals surface area (Å²) >= 11 is 6.15. The molecule has 0 amide bonds. The number of hydrogen-bond donors (Lipinski definition) is 1. The van der Waals surface area contributed by atoms with Crippen molar-refractivity contribution < 1.29 is 19.0 Å². The molecule has 0 aromatic heterocycles. The van der Waals surface area contributed by atoms with Crippen molar-refractivity contribution in [1.82, 2.24) is 0 Å². The van der Waals surface area contributed by atoms with Crippen LogP contribution in [0.1, 0.15) is 17.2 Å². The molecule has 3 nitrogen and oxygen atoms in total. The standard InChI is InChI=1S/C16H14ClFO3/c17-13-8-11(9-15-16(13)21-6-5-20-15)14(19)7-10-1-3-12(18)4-2-10/h1-4,8-9,14,19H,5-7H2. The smallest absolute Gasteiger partial charge is 0.179 e. The minimum absolute atomic E-state index is 0.296. The third-order valence-corrected chi connectivity index (χ3v) is 3.63. The van der Waals surface area contributed by atoms with Gasteiger partial charge < -0.3 is 14.6 Å². The van der Waals surface area contributed by atoms with Crippen molar-refractivity contribution in [3.8, 4) is 11.5 Å². The van der Waals surface area contributed by atoms with E-state index in [1.807, 2.05) is 0 Å². The highest BCUT2D eigenvalue weighted by Gasteiger charge is 2.19. The Hall–Kier alpha value is -1.78. The van der Waals surface area contributed by atoms with E-state index in [0.717, 1.165) is 5.56 Å². The molecule has 1 N–H and O–H groups in total. The van der Waals surface area contributed by atoms with Crippen molar-refractivity contribution in [2.24, 2.45) is 0 Å². The molecule has 0 bridgehead atoms. The van der Waals surface area contributed by atoms with Crippen LogP contribution in [0.5, 0.6) is 11.5 Å². The van der Waals surface area contributed by atoms with Gasteiger partial charge in [-0.15, -0.1) is 0 Å². The summed E-state index contributed by atoms with van der Waals surface area (Å²) in [6.07, 6.45) is -0.375. The maximum atomic E-state index is 12.9. The molecule has 21 heavy (non-hydrogen) atoms. The first kappa shape index (κ1) is 14.2. The van der Waals surface area contributed by atoms with Gasteiger partial charge in [-0.2, -0.15) is 0 Å². The minimum Gasteiger partial charge on any atom is -0.486 e. The predicted molar refractivity (Wildman–Crippen MR) is 77.5 cm³/mol. The molecule has 1 aliphatic heterocycles. The highest BCUT2D eigenvalue weighted by Crippen LogP contribution is 2.40. The molecule has 110 valence electrons. The van der Waals surface area contributed by atoms with E-state index in [1.165, 1.54) is 12.1 Å². The largest absolute Gasteiger partial charge is 0.486 e. The van der Waals surface area contributed by atoms with E-state index in [0.29, 0.717) is 41.7 Å². The van der Waals surface area contributed by atoms with Crippen LogP contribution in [-0.2, 0) is 6.42 Å². The Labute approximate surface area is 126 Å². The molecule has 1 unspecified atom stereocenters. The Morgan fingerprint density at radius 2 is 1.86 bits per heavy atom. The van der Waals surface area contributed by atoms with Gasteiger partial charge in [0, 0.05) is 6.42 Å². The minimum atomic E-state index is -0.746. The van der Waals surface area contributed by atoms with E-state index in [2.05, 4.69) is 0 Å². The average Bonchev–Trinajstić information content (AvgIpc) is 2.49. The van der Waals surface area contributed by atoms with Gasteiger partial charge in [0.2, 0.25) is 0 Å². The van der Waals surface area contributed by atoms with E-state index >= 15 is 0 Å². The van der Waals surface area contributed by atoms with Crippen LogP contribution in [-0.4, -0.2) is 18.3 Å². The fourth-order valence-electron chi connectivity index (χ4n) is 2.28. The van der Waals surface area contributed by atoms with Crippen LogP contribution < -0.4 is 9.47 Å². The summed E-state index contributed by atoms with van der Waals surface area (Å²) in [5.74, 6) is 0.762. The Bertz CT molecular complexity index is 643. The van der Waals surface area contributed by atoms with Gasteiger partial charge in [-0.3, -0.25) is 0 Å². The lowest BCUT2D eigenvalue weighted by Gasteiger charge is -2.21. The zero-order valence-electron chi connectivity index (χ0n) is 11.2. The molecule has 0 saturated heterocycles. The van der Waals surface area contributed by atoms with Crippen LogP contribution in [0, 0.1) is 5.82 Å². The lowest BCUT2D eigenvalue weighted by molar-refractivity contribution is 0.164. The first-order chi connectivity index (χ1) is 10.1. The first-order valence-corrected chi connectivity index (χ1v) is 7.03. The second-order valence-corrected chi connectivity index (χ2v) is 5.28. The lowest BCUT2D eigenvalue weighted by atomic mass is 10.0. The molecule has 5 heteroatoms. The predicted octanol–water partition coefficient (Wildman–Crippen LogP) is 3.53. The van der Waals surface area contributed by atoms with Crippen molar-refractivity contribution in [1.29, 1.82) is 0 Å². The van der Waals surface area contributed by atoms with Gasteiger partial charge in [-0.05, 0) is 35.4 Å². The van der Waals surface area contributed by atoms with Gasteiger partial charge in [-0.25, -0.2) is 4.39 Å². The molecule has 0 spiro atoms. The molecule has 2 aromatic carbocycles. The molecule has 0 radical (unpaired) electrons. The third-order valence-electron chi connectivity index (χ3n) is 3.35. The summed E-state index contributed by atoms with van der Waals surface area (Å²) in [4.78, 5) is 0. The maximum Gasteiger partial charge on any atom is 0.179 e. The summed E-state index contributed by atoms with van der Waals surface area (Å²) in [5.41, 5.74) is 1.49. The summed E-state index contributed by atoms with van der Waals surface area (Å²) in [6.45, 7) is 0.922. The SMILES string of the molecule is OC(Cc1ccc(F)cc1)c1cc(Cl)c2c(c1)OCCO2. The molecule has 1 heterocycles. The summed E-state index contributed by atoms with van der Waals surface area (Å²) in [7, 11) is 0. The van der Waals surface area contributed by atoms with E-state index in [9.17, 15) is 9.50 Å². The van der Waals surface area contributed by atoms with Crippen LogP contribution in [0.25, 0.3) is 0 Å². The average molecular weight is 309 g/mol. The highest BCUT2D eigenvalue weighted by atomic mass is 35.5. The monoisotopic (exact) mass is 308 g/mol. The Morgan fingerprint density at radius 1 is 1.14 bits per heavy atom. The second-order valence-electron chi connectivity index (χ2n) is 4.87. The van der Waals surface area contributed by atoms with Crippen molar-refractivity contribution in [3.05, 3.63) is 58.4 Å². The molecule has 1 atom stereocenters. The Balaban J connectivity index is 1.82. The molecule has 3 rings (SSSR count). The third kappa shape index (κ3) is 3.12. The van der Waals surface area contributed by atoms with Gasteiger partial charge in [0.25, 0.3) is 0 Å². The molecule has 0 saturated carbocycles. The number of rotatable bonds is 3. The van der Waals surface area contributed by atoms with Crippen molar-refractivity contribution in [2.45, 2.75) is 12.5 Å². The summed E-state index contributed by atoms with van der Waals surface area (Å²) in [6, 6.07) is 9.45. The van der Waals surface area contributed by atoms with Gasteiger partial charge in [-0.1, -0.05) is 23.7 Å². The van der Waals surface area contributed by atoms with Crippen LogP contribution >= 0.6 is 11.6 Å². The van der Waals surface area contributed by atoms with E-state index in [4.69, 9.17) is 21.1 Å². The number of aliphatic hydroxyl groups is 1. The molecule has 2 aromatic rings. The van der Waals surface area contributed by atoms with Gasteiger partial charge in [0.1, 0.15) is 19.0 Å². The van der Waals surface area contributed by atoms with Crippen LogP contribution in [0.2, 0.25) is 5.02 Å². The van der Waals surface area contributed by atoms with E-state index in [-0.39, 0.29) is 5.82 Å². The number of hydrogen-bond acceptors (Lipinski definition) is 3. The number of benzene rings is 2. The highest BCUT2D eigenvalue weighted by molar-refractivity contribution is 6.32. The fraction of sp³-hybridized carbons (Fsp3) is 0.250. The van der Waals surface area contributed by atoms with Crippen molar-refractivity contribution >= 4 is 11.6 Å². The Kier molecular flexibility index (Phi) is 3.99. The second kappa shape index (κ2) is 5.92. The number of aliphatic hydroxyl groups excluding tert-OH is 1. The molecule has 0 aliphatic carbocycles. The molecule has 1 aliphatic rings. The number of halogens is 2. The van der Waals surface area contributed by atoms with E-state index in [1.54, 1.807) is 24.3 Å². The maximum absolute atomic E-state index is 12.9. The normalized spacial score (nSPS) is 14.8. The van der Waals surface area contributed by atoms with Crippen molar-refractivity contribution in [2.75, 3.05) is 13.2 Å². The van der Waals surface area contributed by atoms with Crippen LogP contribution in [0.4, 0.5) is 4.39 Å². The zero-order chi connectivity index (χ0) is 14.8.